The van der Waals surface area contributed by atoms with Crippen molar-refractivity contribution in [2.75, 3.05) is 6.54 Å². The lowest BCUT2D eigenvalue weighted by Crippen LogP contribution is -2.33. The highest BCUT2D eigenvalue weighted by Gasteiger charge is 2.31. The van der Waals surface area contributed by atoms with Crippen molar-refractivity contribution in [1.29, 1.82) is 0 Å². The molecule has 23 heavy (non-hydrogen) atoms. The third-order valence-corrected chi connectivity index (χ3v) is 5.82. The molecule has 0 amide bonds. The number of rotatable bonds is 5. The zero-order valence-corrected chi connectivity index (χ0v) is 13.6. The number of nitrogens with zero attached hydrogens (tertiary/aromatic N) is 4. The quantitative estimate of drug-likeness (QED) is 0.712. The molecule has 1 aromatic carbocycles. The Morgan fingerprint density at radius 3 is 2.74 bits per heavy atom. The van der Waals surface area contributed by atoms with Crippen LogP contribution in [0.5, 0.6) is 0 Å². The summed E-state index contributed by atoms with van der Waals surface area (Å²) in [5.74, 6) is 0. The Morgan fingerprint density at radius 1 is 1.22 bits per heavy atom. The van der Waals surface area contributed by atoms with Crippen LogP contribution in [0.3, 0.4) is 0 Å². The summed E-state index contributed by atoms with van der Waals surface area (Å²) in [6.45, 7) is 3.95. The van der Waals surface area contributed by atoms with Gasteiger partial charge in [-0.15, -0.1) is 0 Å². The Kier molecular flexibility index (Phi) is 4.10. The summed E-state index contributed by atoms with van der Waals surface area (Å²) in [6, 6.07) is 8.09. The molecule has 120 valence electrons. The molecule has 0 saturated heterocycles. The summed E-state index contributed by atoms with van der Waals surface area (Å²) in [5.41, 5.74) is 1.48. The Hall–Kier alpha value is -2.32. The zero-order valence-electron chi connectivity index (χ0n) is 12.7. The Labute approximate surface area is 134 Å². The number of pyridine rings is 1. The lowest BCUT2D eigenvalue weighted by Gasteiger charge is -2.27. The van der Waals surface area contributed by atoms with E-state index >= 15 is 0 Å². The summed E-state index contributed by atoms with van der Waals surface area (Å²) < 4.78 is 32.2. The minimum Gasteiger partial charge on any atom is -0.264 e. The zero-order chi connectivity index (χ0) is 16.4. The summed E-state index contributed by atoms with van der Waals surface area (Å²) in [5, 5.41) is 7.43. The van der Waals surface area contributed by atoms with Gasteiger partial charge in [0.05, 0.1) is 0 Å². The number of benzene rings is 1. The van der Waals surface area contributed by atoms with Crippen LogP contribution in [0, 0.1) is 0 Å². The van der Waals surface area contributed by atoms with Gasteiger partial charge in [0.15, 0.2) is 5.52 Å². The van der Waals surface area contributed by atoms with Crippen LogP contribution in [0.15, 0.2) is 52.3 Å². The summed E-state index contributed by atoms with van der Waals surface area (Å²) in [4.78, 5) is 4.15. The van der Waals surface area contributed by atoms with Crippen molar-refractivity contribution in [3.05, 3.63) is 48.3 Å². The largest absolute Gasteiger partial charge is 0.264 e. The fraction of sp³-hybridized carbons (Fsp3) is 0.267. The molecule has 0 fully saturated rings. The van der Waals surface area contributed by atoms with Crippen LogP contribution in [0.4, 0.5) is 0 Å². The van der Waals surface area contributed by atoms with Gasteiger partial charge in [0.2, 0.25) is 10.0 Å². The molecule has 7 nitrogen and oxygen atoms in total. The molecular formula is C15H16N4O3S. The lowest BCUT2D eigenvalue weighted by atomic mass is 10.1. The van der Waals surface area contributed by atoms with E-state index in [-0.39, 0.29) is 16.5 Å². The minimum atomic E-state index is -3.75. The topological polar surface area (TPSA) is 89.2 Å². The molecule has 0 aliphatic rings. The average Bonchev–Trinajstić information content (AvgIpc) is 3.04. The van der Waals surface area contributed by atoms with Crippen molar-refractivity contribution in [3.63, 3.8) is 0 Å². The van der Waals surface area contributed by atoms with E-state index in [0.29, 0.717) is 12.1 Å². The predicted molar refractivity (Wildman–Crippen MR) is 84.0 cm³/mol. The van der Waals surface area contributed by atoms with Crippen molar-refractivity contribution in [3.8, 4) is 0 Å². The molecular weight excluding hydrogens is 316 g/mol. The molecule has 0 radical (unpaired) electrons. The molecule has 3 rings (SSSR count). The number of hydrogen-bond donors (Lipinski definition) is 0. The summed E-state index contributed by atoms with van der Waals surface area (Å²) >= 11 is 0. The molecule has 2 aromatic heterocycles. The molecule has 2 heterocycles. The number of fused-ring (bicyclic) bond motifs is 1. The standard InChI is InChI=1S/C15H16N4O3S/c1-3-19(11(2)12-6-5-9-16-10-12)23(20,21)14-8-4-7-13-15(14)18-22-17-13/h4-11H,3H2,1-2H3/t11-/m0/s1. The van der Waals surface area contributed by atoms with E-state index in [9.17, 15) is 8.42 Å². The first-order valence-corrected chi connectivity index (χ1v) is 8.62. The van der Waals surface area contributed by atoms with Crippen LogP contribution in [0.25, 0.3) is 11.0 Å². The highest BCUT2D eigenvalue weighted by molar-refractivity contribution is 7.89. The second-order valence-electron chi connectivity index (χ2n) is 5.06. The van der Waals surface area contributed by atoms with Gasteiger partial charge in [-0.25, -0.2) is 13.0 Å². The van der Waals surface area contributed by atoms with Crippen molar-refractivity contribution in [1.82, 2.24) is 19.6 Å². The van der Waals surface area contributed by atoms with E-state index in [1.165, 1.54) is 10.4 Å². The van der Waals surface area contributed by atoms with Gasteiger partial charge in [-0.3, -0.25) is 4.98 Å². The van der Waals surface area contributed by atoms with Crippen LogP contribution in [0.2, 0.25) is 0 Å². The summed E-state index contributed by atoms with van der Waals surface area (Å²) in [6.07, 6.45) is 3.32. The minimum absolute atomic E-state index is 0.0915. The number of sulfonamides is 1. The third-order valence-electron chi connectivity index (χ3n) is 3.75. The first kappa shape index (κ1) is 15.6. The van der Waals surface area contributed by atoms with Gasteiger partial charge in [0, 0.05) is 25.0 Å². The van der Waals surface area contributed by atoms with Gasteiger partial charge >= 0.3 is 0 Å². The maximum absolute atomic E-state index is 13.1. The first-order chi connectivity index (χ1) is 11.1. The average molecular weight is 332 g/mol. The normalized spacial score (nSPS) is 13.5. The van der Waals surface area contributed by atoms with E-state index in [2.05, 4.69) is 19.9 Å². The Bertz CT molecular complexity index is 909. The third kappa shape index (κ3) is 2.71. The molecule has 0 unspecified atom stereocenters. The van der Waals surface area contributed by atoms with Gasteiger partial charge in [-0.2, -0.15) is 4.31 Å². The molecule has 1 atom stereocenters. The van der Waals surface area contributed by atoms with Crippen LogP contribution in [0.1, 0.15) is 25.5 Å². The van der Waals surface area contributed by atoms with Gasteiger partial charge < -0.3 is 0 Å². The number of hydrogen-bond acceptors (Lipinski definition) is 6. The summed E-state index contributed by atoms with van der Waals surface area (Å²) in [7, 11) is -3.75. The SMILES string of the molecule is CCN([C@@H](C)c1cccnc1)S(=O)(=O)c1cccc2nonc12. The fourth-order valence-corrected chi connectivity index (χ4v) is 4.32. The van der Waals surface area contributed by atoms with E-state index in [1.807, 2.05) is 13.0 Å². The van der Waals surface area contributed by atoms with Gasteiger partial charge in [0.1, 0.15) is 10.4 Å². The first-order valence-electron chi connectivity index (χ1n) is 7.18. The molecule has 0 saturated carbocycles. The van der Waals surface area contributed by atoms with Crippen LogP contribution in [-0.2, 0) is 10.0 Å². The monoisotopic (exact) mass is 332 g/mol. The van der Waals surface area contributed by atoms with Gasteiger partial charge in [-0.05, 0) is 41.0 Å². The maximum atomic E-state index is 13.1. The van der Waals surface area contributed by atoms with Crippen molar-refractivity contribution in [2.24, 2.45) is 0 Å². The second kappa shape index (κ2) is 6.05. The predicted octanol–water partition coefficient (Wildman–Crippen LogP) is 2.39. The number of aromatic nitrogens is 3. The van der Waals surface area contributed by atoms with Crippen LogP contribution >= 0.6 is 0 Å². The molecule has 0 spiro atoms. The van der Waals surface area contributed by atoms with Crippen molar-refractivity contribution in [2.45, 2.75) is 24.8 Å². The highest BCUT2D eigenvalue weighted by atomic mass is 32.2. The molecule has 0 N–H and O–H groups in total. The fourth-order valence-electron chi connectivity index (χ4n) is 2.56. The molecule has 0 aliphatic heterocycles. The van der Waals surface area contributed by atoms with E-state index in [4.69, 9.17) is 0 Å². The molecule has 0 bridgehead atoms. The highest BCUT2D eigenvalue weighted by Crippen LogP contribution is 2.29. The van der Waals surface area contributed by atoms with Crippen molar-refractivity contribution >= 4 is 21.1 Å². The smallest absolute Gasteiger partial charge is 0.245 e. The molecule has 0 aliphatic carbocycles. The second-order valence-corrected chi connectivity index (χ2v) is 6.92. The molecule has 8 heteroatoms. The maximum Gasteiger partial charge on any atom is 0.245 e. The Balaban J connectivity index is 2.08. The van der Waals surface area contributed by atoms with E-state index in [1.54, 1.807) is 37.5 Å². The Morgan fingerprint density at radius 2 is 2.04 bits per heavy atom. The van der Waals surface area contributed by atoms with Crippen LogP contribution < -0.4 is 0 Å². The van der Waals surface area contributed by atoms with Crippen molar-refractivity contribution < 1.29 is 13.0 Å². The lowest BCUT2D eigenvalue weighted by molar-refractivity contribution is 0.314. The van der Waals surface area contributed by atoms with Crippen LogP contribution in [-0.4, -0.2) is 34.6 Å². The van der Waals surface area contributed by atoms with Gasteiger partial charge in [-0.1, -0.05) is 19.1 Å². The van der Waals surface area contributed by atoms with Gasteiger partial charge in [0.25, 0.3) is 0 Å². The molecule has 3 aromatic rings. The van der Waals surface area contributed by atoms with E-state index < -0.39 is 10.0 Å². The van der Waals surface area contributed by atoms with E-state index in [0.717, 1.165) is 5.56 Å².